The standard InChI is InChI=1S/C16H18ClFN2/c1-11(2)15-7-12(10-17)8-16(19-15)20(3)14-6-4-5-13(18)9-14/h4-9,11H,10H2,1-3H3. The number of alkyl halides is 1. The van der Waals surface area contributed by atoms with Crippen molar-refractivity contribution in [2.75, 3.05) is 11.9 Å². The number of nitrogens with zero attached hydrogens (tertiary/aromatic N) is 2. The van der Waals surface area contributed by atoms with Crippen LogP contribution >= 0.6 is 11.6 Å². The van der Waals surface area contributed by atoms with Gasteiger partial charge in [-0.2, -0.15) is 0 Å². The molecule has 0 unspecified atom stereocenters. The Labute approximate surface area is 124 Å². The minimum Gasteiger partial charge on any atom is -0.329 e. The van der Waals surface area contributed by atoms with E-state index < -0.39 is 0 Å². The minimum atomic E-state index is -0.257. The molecule has 2 nitrogen and oxygen atoms in total. The van der Waals surface area contributed by atoms with E-state index in [0.29, 0.717) is 11.8 Å². The maximum atomic E-state index is 13.3. The Morgan fingerprint density at radius 1 is 1.25 bits per heavy atom. The first-order valence-corrected chi connectivity index (χ1v) is 7.11. The third kappa shape index (κ3) is 3.28. The third-order valence-corrected chi connectivity index (χ3v) is 3.49. The molecule has 0 atom stereocenters. The fourth-order valence-electron chi connectivity index (χ4n) is 1.96. The highest BCUT2D eigenvalue weighted by Gasteiger charge is 2.11. The maximum absolute atomic E-state index is 13.3. The van der Waals surface area contributed by atoms with Crippen molar-refractivity contribution in [2.45, 2.75) is 25.6 Å². The van der Waals surface area contributed by atoms with E-state index in [1.54, 1.807) is 6.07 Å². The molecule has 106 valence electrons. The van der Waals surface area contributed by atoms with Gasteiger partial charge in [0.1, 0.15) is 11.6 Å². The number of pyridine rings is 1. The Morgan fingerprint density at radius 3 is 2.60 bits per heavy atom. The van der Waals surface area contributed by atoms with Crippen molar-refractivity contribution in [3.05, 3.63) is 53.5 Å². The SMILES string of the molecule is CC(C)c1cc(CCl)cc(N(C)c2cccc(F)c2)n1. The lowest BCUT2D eigenvalue weighted by Gasteiger charge is -2.20. The lowest BCUT2D eigenvalue weighted by molar-refractivity contribution is 0.628. The average Bonchev–Trinajstić information content (AvgIpc) is 2.45. The van der Waals surface area contributed by atoms with Crippen LogP contribution in [0.3, 0.4) is 0 Å². The molecule has 1 aromatic heterocycles. The van der Waals surface area contributed by atoms with E-state index in [2.05, 4.69) is 18.8 Å². The largest absolute Gasteiger partial charge is 0.329 e. The smallest absolute Gasteiger partial charge is 0.133 e. The molecule has 0 amide bonds. The number of anilines is 2. The molecule has 0 fully saturated rings. The molecule has 0 saturated carbocycles. The van der Waals surface area contributed by atoms with Crippen LogP contribution in [0.4, 0.5) is 15.9 Å². The van der Waals surface area contributed by atoms with Gasteiger partial charge in [0.2, 0.25) is 0 Å². The summed E-state index contributed by atoms with van der Waals surface area (Å²) in [5, 5.41) is 0. The highest BCUT2D eigenvalue weighted by atomic mass is 35.5. The number of benzene rings is 1. The monoisotopic (exact) mass is 292 g/mol. The van der Waals surface area contributed by atoms with Crippen molar-refractivity contribution in [1.29, 1.82) is 0 Å². The van der Waals surface area contributed by atoms with Crippen molar-refractivity contribution in [3.63, 3.8) is 0 Å². The van der Waals surface area contributed by atoms with Crippen LogP contribution in [-0.2, 0) is 5.88 Å². The van der Waals surface area contributed by atoms with Gasteiger partial charge in [0.25, 0.3) is 0 Å². The molecule has 2 rings (SSSR count). The highest BCUT2D eigenvalue weighted by Crippen LogP contribution is 2.26. The molecule has 0 bridgehead atoms. The molecule has 0 radical (unpaired) electrons. The number of aromatic nitrogens is 1. The zero-order valence-electron chi connectivity index (χ0n) is 11.9. The van der Waals surface area contributed by atoms with E-state index in [0.717, 1.165) is 22.8 Å². The maximum Gasteiger partial charge on any atom is 0.133 e. The summed E-state index contributed by atoms with van der Waals surface area (Å²) in [5.74, 6) is 1.27. The van der Waals surface area contributed by atoms with Crippen LogP contribution in [0.1, 0.15) is 31.0 Å². The second-order valence-electron chi connectivity index (χ2n) is 5.09. The van der Waals surface area contributed by atoms with Crippen molar-refractivity contribution in [2.24, 2.45) is 0 Å². The van der Waals surface area contributed by atoms with Gasteiger partial charge in [0.15, 0.2) is 0 Å². The van der Waals surface area contributed by atoms with Gasteiger partial charge < -0.3 is 4.90 Å². The molecule has 0 N–H and O–H groups in total. The lowest BCUT2D eigenvalue weighted by Crippen LogP contribution is -2.13. The quantitative estimate of drug-likeness (QED) is 0.749. The minimum absolute atomic E-state index is 0.257. The molecule has 0 spiro atoms. The number of halogens is 2. The summed E-state index contributed by atoms with van der Waals surface area (Å²) in [6.07, 6.45) is 0. The van der Waals surface area contributed by atoms with Crippen LogP contribution in [0.25, 0.3) is 0 Å². The van der Waals surface area contributed by atoms with Crippen molar-refractivity contribution < 1.29 is 4.39 Å². The summed E-state index contributed by atoms with van der Waals surface area (Å²) < 4.78 is 13.3. The van der Waals surface area contributed by atoms with E-state index in [4.69, 9.17) is 11.6 Å². The Hall–Kier alpha value is -1.61. The first-order chi connectivity index (χ1) is 9.51. The molecular weight excluding hydrogens is 275 g/mol. The third-order valence-electron chi connectivity index (χ3n) is 3.18. The van der Waals surface area contributed by atoms with Crippen LogP contribution in [0.5, 0.6) is 0 Å². The first kappa shape index (κ1) is 14.8. The molecule has 2 aromatic rings. The Kier molecular flexibility index (Phi) is 4.61. The molecule has 0 aliphatic carbocycles. The van der Waals surface area contributed by atoms with Crippen molar-refractivity contribution in [3.8, 4) is 0 Å². The van der Waals surface area contributed by atoms with E-state index in [1.165, 1.54) is 12.1 Å². The summed E-state index contributed by atoms with van der Waals surface area (Å²) in [5.41, 5.74) is 2.77. The van der Waals surface area contributed by atoms with Crippen LogP contribution < -0.4 is 4.90 Å². The summed E-state index contributed by atoms with van der Waals surface area (Å²) in [6, 6.07) is 10.4. The van der Waals surface area contributed by atoms with Crippen LogP contribution in [-0.4, -0.2) is 12.0 Å². The average molecular weight is 293 g/mol. The van der Waals surface area contributed by atoms with Gasteiger partial charge in [-0.05, 0) is 41.8 Å². The van der Waals surface area contributed by atoms with Gasteiger partial charge in [-0.1, -0.05) is 19.9 Å². The van der Waals surface area contributed by atoms with Crippen molar-refractivity contribution in [1.82, 2.24) is 4.98 Å². The van der Waals surface area contributed by atoms with Crippen LogP contribution in [0.2, 0.25) is 0 Å². The summed E-state index contributed by atoms with van der Waals surface area (Å²) >= 11 is 5.95. The Bertz CT molecular complexity index is 599. The number of hydrogen-bond acceptors (Lipinski definition) is 2. The molecule has 0 aliphatic rings. The summed E-state index contributed by atoms with van der Waals surface area (Å²) in [4.78, 5) is 6.50. The number of rotatable bonds is 4. The topological polar surface area (TPSA) is 16.1 Å². The molecule has 4 heteroatoms. The molecule has 1 aromatic carbocycles. The van der Waals surface area contributed by atoms with E-state index >= 15 is 0 Å². The van der Waals surface area contributed by atoms with E-state index in [9.17, 15) is 4.39 Å². The van der Waals surface area contributed by atoms with Gasteiger partial charge in [-0.25, -0.2) is 9.37 Å². The Morgan fingerprint density at radius 2 is 2.00 bits per heavy atom. The molecule has 20 heavy (non-hydrogen) atoms. The van der Waals surface area contributed by atoms with Crippen LogP contribution in [0.15, 0.2) is 36.4 Å². The fourth-order valence-corrected chi connectivity index (χ4v) is 2.11. The first-order valence-electron chi connectivity index (χ1n) is 6.57. The predicted octanol–water partition coefficient (Wildman–Crippen LogP) is 4.85. The molecule has 1 heterocycles. The second-order valence-corrected chi connectivity index (χ2v) is 5.35. The van der Waals surface area contributed by atoms with Gasteiger partial charge in [-0.3, -0.25) is 0 Å². The molecular formula is C16H18ClFN2. The zero-order chi connectivity index (χ0) is 14.7. The summed E-state index contributed by atoms with van der Waals surface area (Å²) in [7, 11) is 1.87. The lowest BCUT2D eigenvalue weighted by atomic mass is 10.1. The van der Waals surface area contributed by atoms with E-state index in [1.807, 2.05) is 30.1 Å². The zero-order valence-corrected chi connectivity index (χ0v) is 12.7. The van der Waals surface area contributed by atoms with E-state index in [-0.39, 0.29) is 5.82 Å². The molecule has 0 aliphatic heterocycles. The second kappa shape index (κ2) is 6.23. The summed E-state index contributed by atoms with van der Waals surface area (Å²) in [6.45, 7) is 4.18. The number of hydrogen-bond donors (Lipinski definition) is 0. The molecule has 0 saturated heterocycles. The van der Waals surface area contributed by atoms with Crippen molar-refractivity contribution >= 4 is 23.1 Å². The highest BCUT2D eigenvalue weighted by molar-refractivity contribution is 6.17. The fraction of sp³-hybridized carbons (Fsp3) is 0.312. The predicted molar refractivity (Wildman–Crippen MR) is 82.3 cm³/mol. The van der Waals surface area contributed by atoms with Crippen LogP contribution in [0, 0.1) is 5.82 Å². The van der Waals surface area contributed by atoms with Gasteiger partial charge in [0, 0.05) is 24.3 Å². The van der Waals surface area contributed by atoms with Gasteiger partial charge in [0.05, 0.1) is 0 Å². The van der Waals surface area contributed by atoms with Gasteiger partial charge >= 0.3 is 0 Å². The Balaban J connectivity index is 2.43. The van der Waals surface area contributed by atoms with Gasteiger partial charge in [-0.15, -0.1) is 11.6 Å². The normalized spacial score (nSPS) is 10.9.